The molecule has 4 saturated heterocycles. The smallest absolute Gasteiger partial charge is 0.465 e. The predicted molar refractivity (Wildman–Crippen MR) is 406 cm³/mol. The Morgan fingerprint density at radius 2 is 0.946 bits per heavy atom. The van der Waals surface area contributed by atoms with Crippen molar-refractivity contribution in [2.75, 3.05) is 75.5 Å². The van der Waals surface area contributed by atoms with Gasteiger partial charge in [0.15, 0.2) is 53.1 Å². The molecule has 6 aromatic heterocycles. The largest absolute Gasteiger partial charge is 0.472 e. The third-order valence-corrected chi connectivity index (χ3v) is 27.5. The van der Waals surface area contributed by atoms with Gasteiger partial charge in [0, 0.05) is 38.1 Å². The summed E-state index contributed by atoms with van der Waals surface area (Å²) in [7, 11) is -9.81. The number of hydrogen-bond donors (Lipinski definition) is 8. The summed E-state index contributed by atoms with van der Waals surface area (Å²) in [5.74, 6) is -1.26. The molecule has 4 aliphatic rings. The van der Waals surface area contributed by atoms with Crippen molar-refractivity contribution >= 4 is 115 Å². The van der Waals surface area contributed by atoms with Gasteiger partial charge in [0.1, 0.15) is 103 Å². The Morgan fingerprint density at radius 3 is 1.43 bits per heavy atom. The van der Waals surface area contributed by atoms with E-state index in [1.807, 2.05) is 0 Å². The van der Waals surface area contributed by atoms with Gasteiger partial charge in [-0.05, 0) is 48.4 Å². The van der Waals surface area contributed by atoms with Gasteiger partial charge in [-0.2, -0.15) is 0 Å². The second-order valence-corrected chi connectivity index (χ2v) is 38.5. The Hall–Kier alpha value is -5.03. The first-order valence-electron chi connectivity index (χ1n) is 37.9. The molecule has 0 bridgehead atoms. The summed E-state index contributed by atoms with van der Waals surface area (Å²) in [6.07, 6.45) is 14.7. The van der Waals surface area contributed by atoms with Gasteiger partial charge < -0.3 is 75.0 Å². The number of carbonyl (C=O) groups is 2. The highest BCUT2D eigenvalue weighted by atomic mass is 32.7. The number of rotatable bonds is 51. The number of nitrogens with zero attached hydrogens (tertiary/aromatic N) is 12. The maximum atomic E-state index is 14.7. The summed E-state index contributed by atoms with van der Waals surface area (Å²) in [4.78, 5) is 109. The Bertz CT molecular complexity index is 4160. The molecule has 39 nitrogen and oxygen atoms in total. The highest BCUT2D eigenvalue weighted by Gasteiger charge is 2.62. The van der Waals surface area contributed by atoms with Gasteiger partial charge >= 0.3 is 41.2 Å². The molecule has 45 heteroatoms. The number of aliphatic hydroxyl groups excluding tert-OH is 1. The first-order chi connectivity index (χ1) is 53.4. The van der Waals surface area contributed by atoms with Gasteiger partial charge in [-0.25, -0.2) is 63.1 Å². The Kier molecular flexibility index (Phi) is 33.6. The zero-order valence-electron chi connectivity index (χ0n) is 62.6. The van der Waals surface area contributed by atoms with Gasteiger partial charge in [-0.1, -0.05) is 142 Å². The second kappa shape index (κ2) is 42.2. The topological polar surface area (TPSA) is 532 Å². The number of hydrogen-bond acceptors (Lipinski definition) is 34. The number of unbranched alkanes of at least 4 members (excludes halogenated alkanes) is 20. The molecular weight excluding hydrogens is 1570 g/mol. The Balaban J connectivity index is 0.781. The second-order valence-electron chi connectivity index (χ2n) is 27.7. The number of nitrogens with two attached hydrogens (primary N) is 3. The molecule has 111 heavy (non-hydrogen) atoms. The van der Waals surface area contributed by atoms with E-state index >= 15 is 0 Å². The van der Waals surface area contributed by atoms with Crippen molar-refractivity contribution in [2.24, 2.45) is 0 Å². The molecule has 0 aromatic carbocycles. The lowest BCUT2D eigenvalue weighted by molar-refractivity contribution is -0.165. The molecule has 7 unspecified atom stereocenters. The SMILES string of the molecule is CCCCCCCCCCCCCC(=O)OCCSP(=O)(O)OC[C@H]1O[C@@H](n2cnc3c(N)ncnc32)[C@@H](OP(=O)(O)OC[C@H]2O[C@@H](n3cnc4c(N)ncnc43)[C@@H](OP(=O)(O)OC[C@]34CCCOC3[C@H](OP(=O)(O)SCCOC(=O)CCCCCCCCCCCCC)[C@H](n3cnc5c(N)ncnc53)O4)C2O)C1OC. The summed E-state index contributed by atoms with van der Waals surface area (Å²) in [6, 6.07) is 0. The molecule has 0 aliphatic carbocycles. The molecule has 0 saturated carbocycles. The molecular formula is C66H105N15O24P4S2. The maximum absolute atomic E-state index is 14.7. The van der Waals surface area contributed by atoms with Gasteiger partial charge in [-0.15, -0.1) is 0 Å². The minimum atomic E-state index is -5.54. The number of phosphoric ester groups is 2. The van der Waals surface area contributed by atoms with Crippen LogP contribution in [0, 0.1) is 0 Å². The van der Waals surface area contributed by atoms with Crippen LogP contribution in [0.5, 0.6) is 0 Å². The van der Waals surface area contributed by atoms with E-state index in [4.69, 9.17) is 77.5 Å². The maximum Gasteiger partial charge on any atom is 0.472 e. The lowest BCUT2D eigenvalue weighted by Gasteiger charge is -2.38. The minimum absolute atomic E-state index is 0.00934. The summed E-state index contributed by atoms with van der Waals surface area (Å²) in [6.45, 7) is -7.71. The van der Waals surface area contributed by atoms with E-state index in [0.29, 0.717) is 35.6 Å². The molecule has 6 aromatic rings. The molecule has 0 amide bonds. The molecule has 0 radical (unpaired) electrons. The van der Waals surface area contributed by atoms with E-state index in [9.17, 15) is 52.5 Å². The molecule has 620 valence electrons. The van der Waals surface area contributed by atoms with Crippen LogP contribution in [-0.2, 0) is 88.1 Å². The minimum Gasteiger partial charge on any atom is -0.465 e. The Morgan fingerprint density at radius 1 is 0.523 bits per heavy atom. The molecule has 10 rings (SSSR count). The van der Waals surface area contributed by atoms with Crippen molar-refractivity contribution in [3.05, 3.63) is 38.0 Å². The highest BCUT2D eigenvalue weighted by molar-refractivity contribution is 8.55. The highest BCUT2D eigenvalue weighted by Crippen LogP contribution is 2.62. The normalized spacial score (nSPS) is 25.6. The number of aromatic nitrogens is 12. The quantitative estimate of drug-likeness (QED) is 0.00999. The van der Waals surface area contributed by atoms with Crippen molar-refractivity contribution in [1.82, 2.24) is 58.6 Å². The van der Waals surface area contributed by atoms with Gasteiger partial charge in [0.25, 0.3) is 0 Å². The lowest BCUT2D eigenvalue weighted by Crippen LogP contribution is -2.51. The molecule has 10 heterocycles. The van der Waals surface area contributed by atoms with Crippen LogP contribution in [0.25, 0.3) is 33.5 Å². The fraction of sp³-hybridized carbons (Fsp3) is 0.742. The van der Waals surface area contributed by atoms with E-state index in [1.54, 1.807) is 0 Å². The summed E-state index contributed by atoms with van der Waals surface area (Å²) >= 11 is 1.00. The number of esters is 2. The van der Waals surface area contributed by atoms with Crippen LogP contribution in [-0.4, -0.2) is 208 Å². The van der Waals surface area contributed by atoms with Crippen molar-refractivity contribution in [3.8, 4) is 0 Å². The number of nitrogen functional groups attached to an aromatic ring is 3. The molecule has 4 fully saturated rings. The summed E-state index contributed by atoms with van der Waals surface area (Å²) in [5.41, 5.74) is 17.1. The number of imidazole rings is 3. The van der Waals surface area contributed by atoms with Crippen molar-refractivity contribution in [3.63, 3.8) is 0 Å². The van der Waals surface area contributed by atoms with Gasteiger partial charge in [0.2, 0.25) is 0 Å². The lowest BCUT2D eigenvalue weighted by atomic mass is 9.89. The van der Waals surface area contributed by atoms with Crippen LogP contribution in [0.3, 0.4) is 0 Å². The number of fused-ring (bicyclic) bond motifs is 4. The Labute approximate surface area is 650 Å². The molecule has 0 spiro atoms. The van der Waals surface area contributed by atoms with Crippen LogP contribution < -0.4 is 17.2 Å². The average Bonchev–Trinajstić information content (AvgIpc) is 1.58. The number of carbonyl (C=O) groups excluding carboxylic acids is 2. The van der Waals surface area contributed by atoms with Crippen LogP contribution in [0.15, 0.2) is 38.0 Å². The summed E-state index contributed by atoms with van der Waals surface area (Å²) in [5, 5.41) is 12.2. The average molecular weight is 1680 g/mol. The molecule has 4 aliphatic heterocycles. The van der Waals surface area contributed by atoms with E-state index in [1.165, 1.54) is 123 Å². The van der Waals surface area contributed by atoms with E-state index in [-0.39, 0.29) is 108 Å². The number of ether oxygens (including phenoxy) is 7. The zero-order chi connectivity index (χ0) is 79.2. The van der Waals surface area contributed by atoms with Crippen LogP contribution in [0.1, 0.15) is 199 Å². The van der Waals surface area contributed by atoms with Crippen molar-refractivity contribution < 1.29 is 113 Å². The van der Waals surface area contributed by atoms with Gasteiger partial charge in [-0.3, -0.25) is 50.4 Å². The number of phosphoric acid groups is 2. The van der Waals surface area contributed by atoms with Crippen LogP contribution in [0.2, 0.25) is 0 Å². The summed E-state index contributed by atoms with van der Waals surface area (Å²) < 4.78 is 137. The standard InChI is InChI=1S/C66H105N15O24P4S2/c1-4-6-8-10-12-14-16-18-20-22-24-27-46(82)94-31-33-110-108(89,90)98-36-45-52(93-3)54(64(101-45)80-42-77-49-58(68)71-39-74-61(49)80)104-106(85,86)97-35-44-51(84)53(63(100-44)79-41-76-48-57(67)70-38-73-60(48)79)103-107(87,88)99-37-66-29-26-30-96-56(66)55(65(102-66)81-43-78-50-59(69)72-40-75-62(50)81)105-109(91,92)111-34-32-95-47(83)28-25-23-21-19-17-15-13-11-9-7-5-2/h38-45,51-56,63-65,84H,4-37H2,1-3H3,(H,85,86)(H,87,88)(H,89,90)(H,91,92)(H2,67,70,73)(H2,68,71,74)(H2,69,72,75)/t44-,45-,51?,52?,53+,54+,55+,56?,63-,64-,65-,66-/m1/s1. The number of aliphatic hydroxyl groups is 1. The van der Waals surface area contributed by atoms with E-state index in [0.717, 1.165) is 63.9 Å². The van der Waals surface area contributed by atoms with Crippen molar-refractivity contribution in [1.29, 1.82) is 0 Å². The van der Waals surface area contributed by atoms with E-state index < -0.39 is 134 Å². The zero-order valence-corrected chi connectivity index (χ0v) is 67.8. The third kappa shape index (κ3) is 24.5. The monoisotopic (exact) mass is 1680 g/mol. The molecule has 11 N–H and O–H groups in total. The van der Waals surface area contributed by atoms with Crippen LogP contribution >= 0.6 is 52.0 Å². The van der Waals surface area contributed by atoms with Gasteiger partial charge in [0.05, 0.1) is 38.8 Å². The molecule has 16 atom stereocenters. The number of methoxy groups -OCH3 is 1. The fourth-order valence-corrected chi connectivity index (χ4v) is 20.3. The first-order valence-corrected chi connectivity index (χ1v) is 47.2. The van der Waals surface area contributed by atoms with E-state index in [2.05, 4.69) is 58.7 Å². The predicted octanol–water partition coefficient (Wildman–Crippen LogP) is 10.4. The number of anilines is 3. The first kappa shape index (κ1) is 88.3. The fourth-order valence-electron chi connectivity index (χ4n) is 13.9. The van der Waals surface area contributed by atoms with Crippen LogP contribution in [0.4, 0.5) is 17.5 Å². The van der Waals surface area contributed by atoms with Crippen molar-refractivity contribution in [2.45, 2.75) is 254 Å². The third-order valence-electron chi connectivity index (χ3n) is 19.6.